The molecular weight excluding hydrogens is 351 g/mol. The number of benzene rings is 1. The highest BCUT2D eigenvalue weighted by atomic mass is 19.4. The zero-order valence-electron chi connectivity index (χ0n) is 13.8. The summed E-state index contributed by atoms with van der Waals surface area (Å²) in [6, 6.07) is 8.02. The van der Waals surface area contributed by atoms with Crippen LogP contribution >= 0.6 is 0 Å². The number of nitriles is 1. The minimum atomic E-state index is -4.80. The Kier molecular flexibility index (Phi) is 5.35. The molecular formula is C17H14F3N3O3. The van der Waals surface area contributed by atoms with Gasteiger partial charge in [0, 0.05) is 11.4 Å². The Hall–Kier alpha value is -3.28. The van der Waals surface area contributed by atoms with E-state index in [0.717, 1.165) is 16.7 Å². The first-order valence-corrected chi connectivity index (χ1v) is 7.37. The number of nitrogens with zero attached hydrogens (tertiary/aromatic N) is 2. The van der Waals surface area contributed by atoms with Crippen molar-refractivity contribution in [2.24, 2.45) is 0 Å². The van der Waals surface area contributed by atoms with Gasteiger partial charge in [0.15, 0.2) is 0 Å². The van der Waals surface area contributed by atoms with Crippen LogP contribution in [0.5, 0.6) is 5.75 Å². The van der Waals surface area contributed by atoms with Crippen molar-refractivity contribution in [3.05, 3.63) is 57.5 Å². The first-order chi connectivity index (χ1) is 12.1. The van der Waals surface area contributed by atoms with Crippen molar-refractivity contribution in [2.75, 3.05) is 5.32 Å². The predicted molar refractivity (Wildman–Crippen MR) is 86.6 cm³/mol. The van der Waals surface area contributed by atoms with Crippen LogP contribution in [0.1, 0.15) is 16.8 Å². The van der Waals surface area contributed by atoms with Gasteiger partial charge in [-0.15, -0.1) is 13.2 Å². The summed E-state index contributed by atoms with van der Waals surface area (Å²) in [7, 11) is 0. The van der Waals surface area contributed by atoms with Gasteiger partial charge < -0.3 is 14.6 Å². The predicted octanol–water partition coefficient (Wildman–Crippen LogP) is 2.87. The third-order valence-electron chi connectivity index (χ3n) is 3.49. The van der Waals surface area contributed by atoms with Crippen LogP contribution < -0.4 is 15.6 Å². The average Bonchev–Trinajstić information content (AvgIpc) is 2.52. The highest BCUT2D eigenvalue weighted by molar-refractivity contribution is 5.90. The number of amides is 1. The topological polar surface area (TPSA) is 84.1 Å². The number of carbonyl (C=O) groups is 1. The molecule has 2 aromatic rings. The molecule has 0 saturated heterocycles. The van der Waals surface area contributed by atoms with E-state index in [1.165, 1.54) is 12.1 Å². The van der Waals surface area contributed by atoms with Crippen LogP contribution in [0.25, 0.3) is 0 Å². The molecule has 1 N–H and O–H groups in total. The van der Waals surface area contributed by atoms with Crippen LogP contribution in [0.15, 0.2) is 35.1 Å². The second-order valence-corrected chi connectivity index (χ2v) is 5.47. The van der Waals surface area contributed by atoms with Gasteiger partial charge in [0.05, 0.1) is 0 Å². The Morgan fingerprint density at radius 1 is 1.27 bits per heavy atom. The fraction of sp³-hybridized carbons (Fsp3) is 0.235. The Morgan fingerprint density at radius 2 is 1.88 bits per heavy atom. The van der Waals surface area contributed by atoms with Crippen molar-refractivity contribution in [3.8, 4) is 11.8 Å². The molecule has 26 heavy (non-hydrogen) atoms. The van der Waals surface area contributed by atoms with Crippen molar-refractivity contribution in [3.63, 3.8) is 0 Å². The zero-order chi connectivity index (χ0) is 19.5. The lowest BCUT2D eigenvalue weighted by Crippen LogP contribution is -2.31. The molecule has 0 atom stereocenters. The highest BCUT2D eigenvalue weighted by Gasteiger charge is 2.30. The largest absolute Gasteiger partial charge is 0.573 e. The van der Waals surface area contributed by atoms with E-state index in [2.05, 4.69) is 10.1 Å². The number of ether oxygens (including phenoxy) is 1. The molecule has 1 aromatic heterocycles. The zero-order valence-corrected chi connectivity index (χ0v) is 13.8. The van der Waals surface area contributed by atoms with Crippen molar-refractivity contribution in [1.29, 1.82) is 5.26 Å². The Bertz CT molecular complexity index is 926. The molecule has 1 aromatic carbocycles. The minimum Gasteiger partial charge on any atom is -0.406 e. The molecule has 0 saturated carbocycles. The number of halogens is 3. The fourth-order valence-electron chi connectivity index (χ4n) is 2.34. The lowest BCUT2D eigenvalue weighted by molar-refractivity contribution is -0.274. The van der Waals surface area contributed by atoms with E-state index in [9.17, 15) is 22.8 Å². The van der Waals surface area contributed by atoms with Crippen molar-refractivity contribution >= 4 is 11.6 Å². The number of nitrogens with one attached hydrogen (secondary N) is 1. The van der Waals surface area contributed by atoms with Gasteiger partial charge in [0.1, 0.15) is 23.9 Å². The first kappa shape index (κ1) is 19.1. The summed E-state index contributed by atoms with van der Waals surface area (Å²) in [5.74, 6) is -0.979. The van der Waals surface area contributed by atoms with Crippen molar-refractivity contribution < 1.29 is 22.7 Å². The van der Waals surface area contributed by atoms with Crippen LogP contribution in [-0.4, -0.2) is 16.8 Å². The van der Waals surface area contributed by atoms with Crippen LogP contribution in [-0.2, 0) is 11.3 Å². The maximum absolute atomic E-state index is 12.2. The van der Waals surface area contributed by atoms with E-state index < -0.39 is 23.6 Å². The molecule has 9 heteroatoms. The van der Waals surface area contributed by atoms with E-state index in [1.807, 2.05) is 6.07 Å². The number of carbonyl (C=O) groups excluding carboxylic acids is 1. The molecule has 6 nitrogen and oxygen atoms in total. The Balaban J connectivity index is 2.13. The summed E-state index contributed by atoms with van der Waals surface area (Å²) in [5, 5.41) is 11.5. The van der Waals surface area contributed by atoms with E-state index in [1.54, 1.807) is 19.9 Å². The second-order valence-electron chi connectivity index (χ2n) is 5.47. The van der Waals surface area contributed by atoms with Gasteiger partial charge in [0.2, 0.25) is 5.91 Å². The van der Waals surface area contributed by atoms with Crippen molar-refractivity contribution in [1.82, 2.24) is 4.57 Å². The number of hydrogen-bond donors (Lipinski definition) is 1. The molecule has 0 aliphatic rings. The molecule has 0 aliphatic heterocycles. The Morgan fingerprint density at radius 3 is 2.42 bits per heavy atom. The SMILES string of the molecule is Cc1cc(C)n(CC(=O)Nc2ccc(OC(F)(F)F)cc2)c(=O)c1C#N. The number of aromatic nitrogens is 1. The normalized spacial score (nSPS) is 10.9. The number of hydrogen-bond acceptors (Lipinski definition) is 4. The summed E-state index contributed by atoms with van der Waals surface area (Å²) < 4.78 is 41.2. The molecule has 0 fully saturated rings. The van der Waals surface area contributed by atoms with E-state index >= 15 is 0 Å². The number of pyridine rings is 1. The lowest BCUT2D eigenvalue weighted by Gasteiger charge is -2.13. The van der Waals surface area contributed by atoms with Crippen LogP contribution in [0.4, 0.5) is 18.9 Å². The molecule has 1 heterocycles. The number of rotatable bonds is 4. The Labute approximate surface area is 146 Å². The van der Waals surface area contributed by atoms with Gasteiger partial charge in [-0.3, -0.25) is 9.59 Å². The van der Waals surface area contributed by atoms with Gasteiger partial charge in [-0.05, 0) is 49.7 Å². The van der Waals surface area contributed by atoms with Gasteiger partial charge in [-0.1, -0.05) is 0 Å². The standard InChI is InChI=1S/C17H14F3N3O3/c1-10-7-11(2)23(16(25)14(10)8-21)9-15(24)22-12-3-5-13(6-4-12)26-17(18,19)20/h3-7H,9H2,1-2H3,(H,22,24). The smallest absolute Gasteiger partial charge is 0.406 e. The highest BCUT2D eigenvalue weighted by Crippen LogP contribution is 2.23. The summed E-state index contributed by atoms with van der Waals surface area (Å²) in [6.45, 7) is 2.93. The van der Waals surface area contributed by atoms with Gasteiger partial charge in [0.25, 0.3) is 5.56 Å². The molecule has 0 spiro atoms. The van der Waals surface area contributed by atoms with Crippen LogP contribution in [0.2, 0.25) is 0 Å². The molecule has 0 unspecified atom stereocenters. The quantitative estimate of drug-likeness (QED) is 0.903. The van der Waals surface area contributed by atoms with Gasteiger partial charge >= 0.3 is 6.36 Å². The maximum Gasteiger partial charge on any atom is 0.573 e. The molecule has 1 amide bonds. The van der Waals surface area contributed by atoms with Crippen LogP contribution in [0, 0.1) is 25.2 Å². The molecule has 0 aliphatic carbocycles. The monoisotopic (exact) mass is 365 g/mol. The summed E-state index contributed by atoms with van der Waals surface area (Å²) in [6.07, 6.45) is -4.80. The van der Waals surface area contributed by atoms with E-state index in [-0.39, 0.29) is 17.8 Å². The third-order valence-corrected chi connectivity index (χ3v) is 3.49. The summed E-state index contributed by atoms with van der Waals surface area (Å²) in [5.41, 5.74) is 0.649. The summed E-state index contributed by atoms with van der Waals surface area (Å²) in [4.78, 5) is 24.4. The van der Waals surface area contributed by atoms with Crippen molar-refractivity contribution in [2.45, 2.75) is 26.8 Å². The minimum absolute atomic E-state index is 0.0444. The molecule has 2 rings (SSSR count). The third kappa shape index (κ3) is 4.63. The number of alkyl halides is 3. The lowest BCUT2D eigenvalue weighted by atomic mass is 10.1. The summed E-state index contributed by atoms with van der Waals surface area (Å²) >= 11 is 0. The maximum atomic E-state index is 12.2. The van der Waals surface area contributed by atoms with Crippen LogP contribution in [0.3, 0.4) is 0 Å². The molecule has 136 valence electrons. The van der Waals surface area contributed by atoms with E-state index in [4.69, 9.17) is 5.26 Å². The molecule has 0 radical (unpaired) electrons. The number of anilines is 1. The van der Waals surface area contributed by atoms with Gasteiger partial charge in [-0.25, -0.2) is 0 Å². The number of aryl methyl sites for hydroxylation is 2. The second kappa shape index (κ2) is 7.31. The first-order valence-electron chi connectivity index (χ1n) is 7.37. The van der Waals surface area contributed by atoms with E-state index in [0.29, 0.717) is 11.3 Å². The van der Waals surface area contributed by atoms with Gasteiger partial charge in [-0.2, -0.15) is 5.26 Å². The fourth-order valence-corrected chi connectivity index (χ4v) is 2.34. The average molecular weight is 365 g/mol. The molecule has 0 bridgehead atoms.